The van der Waals surface area contributed by atoms with Crippen LogP contribution in [0, 0.1) is 0 Å². The number of benzene rings is 1. The Balaban J connectivity index is 2.85. The zero-order valence-electron chi connectivity index (χ0n) is 7.21. The summed E-state index contributed by atoms with van der Waals surface area (Å²) in [5.74, 6) is 0.307. The van der Waals surface area contributed by atoms with Crippen LogP contribution in [0.2, 0.25) is 0 Å². The predicted octanol–water partition coefficient (Wildman–Crippen LogP) is 2.22. The number of aromatic hydroxyl groups is 1. The van der Waals surface area contributed by atoms with Crippen molar-refractivity contribution in [3.63, 3.8) is 0 Å². The Morgan fingerprint density at radius 3 is 2.50 bits per heavy atom. The lowest BCUT2D eigenvalue weighted by Crippen LogP contribution is -2.10. The molecule has 0 aliphatic rings. The van der Waals surface area contributed by atoms with Crippen molar-refractivity contribution >= 4 is 15.9 Å². The standard InChI is InChI=1S/C9H12BrNO/c1-11(2)6-7-3-8(10)5-9(12)4-7/h3-5,12H,6H2,1-2H3. The minimum atomic E-state index is 0.307. The molecule has 0 unspecified atom stereocenters. The number of hydrogen-bond donors (Lipinski definition) is 1. The first-order valence-electron chi connectivity index (χ1n) is 3.71. The Hall–Kier alpha value is -0.540. The van der Waals surface area contributed by atoms with Gasteiger partial charge in [0, 0.05) is 11.0 Å². The van der Waals surface area contributed by atoms with Crippen LogP contribution in [0.25, 0.3) is 0 Å². The second kappa shape index (κ2) is 3.92. The van der Waals surface area contributed by atoms with E-state index in [4.69, 9.17) is 0 Å². The lowest BCUT2D eigenvalue weighted by molar-refractivity contribution is 0.400. The predicted molar refractivity (Wildman–Crippen MR) is 53.2 cm³/mol. The molecule has 0 bridgehead atoms. The minimum Gasteiger partial charge on any atom is -0.508 e. The SMILES string of the molecule is CN(C)Cc1cc(O)cc(Br)c1. The van der Waals surface area contributed by atoms with Gasteiger partial charge in [0.1, 0.15) is 5.75 Å². The summed E-state index contributed by atoms with van der Waals surface area (Å²) in [6.45, 7) is 0.840. The lowest BCUT2D eigenvalue weighted by Gasteiger charge is -2.09. The van der Waals surface area contributed by atoms with Crippen LogP contribution in [0.4, 0.5) is 0 Å². The van der Waals surface area contributed by atoms with Gasteiger partial charge in [-0.05, 0) is 37.9 Å². The van der Waals surface area contributed by atoms with E-state index in [1.807, 2.05) is 20.2 Å². The molecule has 0 spiro atoms. The number of rotatable bonds is 2. The Labute approximate surface area is 80.9 Å². The Bertz CT molecular complexity index is 253. The van der Waals surface area contributed by atoms with Crippen LogP contribution in [0.3, 0.4) is 0 Å². The van der Waals surface area contributed by atoms with Gasteiger partial charge in [0.25, 0.3) is 0 Å². The summed E-state index contributed by atoms with van der Waals surface area (Å²) in [5, 5.41) is 9.26. The van der Waals surface area contributed by atoms with Gasteiger partial charge in [0.15, 0.2) is 0 Å². The number of hydrogen-bond acceptors (Lipinski definition) is 2. The molecular weight excluding hydrogens is 218 g/mol. The maximum absolute atomic E-state index is 9.26. The van der Waals surface area contributed by atoms with Gasteiger partial charge in [-0.15, -0.1) is 0 Å². The highest BCUT2D eigenvalue weighted by molar-refractivity contribution is 9.10. The van der Waals surface area contributed by atoms with Crippen LogP contribution in [0.15, 0.2) is 22.7 Å². The Morgan fingerprint density at radius 2 is 2.00 bits per heavy atom. The zero-order valence-corrected chi connectivity index (χ0v) is 8.80. The van der Waals surface area contributed by atoms with Crippen molar-refractivity contribution in [2.75, 3.05) is 14.1 Å². The summed E-state index contributed by atoms with van der Waals surface area (Å²) in [7, 11) is 4.00. The molecule has 0 radical (unpaired) electrons. The van der Waals surface area contributed by atoms with Crippen molar-refractivity contribution in [2.24, 2.45) is 0 Å². The van der Waals surface area contributed by atoms with E-state index in [1.54, 1.807) is 12.1 Å². The lowest BCUT2D eigenvalue weighted by atomic mass is 10.2. The number of phenols is 1. The van der Waals surface area contributed by atoms with Crippen molar-refractivity contribution < 1.29 is 5.11 Å². The van der Waals surface area contributed by atoms with Crippen molar-refractivity contribution in [2.45, 2.75) is 6.54 Å². The van der Waals surface area contributed by atoms with Crippen LogP contribution >= 0.6 is 15.9 Å². The first-order valence-corrected chi connectivity index (χ1v) is 4.50. The van der Waals surface area contributed by atoms with Gasteiger partial charge in [-0.1, -0.05) is 15.9 Å². The highest BCUT2D eigenvalue weighted by Gasteiger charge is 1.98. The van der Waals surface area contributed by atoms with Crippen LogP contribution in [-0.2, 0) is 6.54 Å². The molecule has 0 saturated heterocycles. The molecule has 0 aliphatic heterocycles. The molecule has 1 aromatic carbocycles. The van der Waals surface area contributed by atoms with Crippen LogP contribution in [0.5, 0.6) is 5.75 Å². The minimum absolute atomic E-state index is 0.307. The van der Waals surface area contributed by atoms with Gasteiger partial charge >= 0.3 is 0 Å². The molecule has 0 atom stereocenters. The van der Waals surface area contributed by atoms with Crippen LogP contribution in [0.1, 0.15) is 5.56 Å². The quantitative estimate of drug-likeness (QED) is 0.841. The summed E-state index contributed by atoms with van der Waals surface area (Å²) in [6.07, 6.45) is 0. The van der Waals surface area contributed by atoms with Crippen molar-refractivity contribution in [1.82, 2.24) is 4.90 Å². The summed E-state index contributed by atoms with van der Waals surface area (Å²) < 4.78 is 0.916. The van der Waals surface area contributed by atoms with Gasteiger partial charge < -0.3 is 10.0 Å². The van der Waals surface area contributed by atoms with Crippen molar-refractivity contribution in [3.8, 4) is 5.75 Å². The second-order valence-electron chi connectivity index (χ2n) is 3.06. The van der Waals surface area contributed by atoms with Gasteiger partial charge in [-0.3, -0.25) is 0 Å². The fraction of sp³-hybridized carbons (Fsp3) is 0.333. The molecule has 0 fully saturated rings. The summed E-state index contributed by atoms with van der Waals surface area (Å²) in [6, 6.07) is 5.45. The molecule has 3 heteroatoms. The van der Waals surface area contributed by atoms with E-state index in [0.29, 0.717) is 5.75 Å². The molecule has 0 heterocycles. The second-order valence-corrected chi connectivity index (χ2v) is 3.97. The van der Waals surface area contributed by atoms with Crippen molar-refractivity contribution in [1.29, 1.82) is 0 Å². The smallest absolute Gasteiger partial charge is 0.117 e. The maximum atomic E-state index is 9.26. The van der Waals surface area contributed by atoms with Gasteiger partial charge in [-0.25, -0.2) is 0 Å². The van der Waals surface area contributed by atoms with Gasteiger partial charge in [0.2, 0.25) is 0 Å². The number of halogens is 1. The Morgan fingerprint density at radius 1 is 1.33 bits per heavy atom. The molecular formula is C9H12BrNO. The average molecular weight is 230 g/mol. The fourth-order valence-corrected chi connectivity index (χ4v) is 1.62. The monoisotopic (exact) mass is 229 g/mol. The molecule has 0 aromatic heterocycles. The number of phenolic OH excluding ortho intramolecular Hbond substituents is 1. The van der Waals surface area contributed by atoms with Crippen LogP contribution < -0.4 is 0 Å². The van der Waals surface area contributed by atoms with Crippen LogP contribution in [-0.4, -0.2) is 24.1 Å². The topological polar surface area (TPSA) is 23.5 Å². The zero-order chi connectivity index (χ0) is 9.14. The van der Waals surface area contributed by atoms with Gasteiger partial charge in [0.05, 0.1) is 0 Å². The highest BCUT2D eigenvalue weighted by Crippen LogP contribution is 2.20. The van der Waals surface area contributed by atoms with E-state index >= 15 is 0 Å². The first kappa shape index (κ1) is 9.55. The molecule has 0 aliphatic carbocycles. The molecule has 12 heavy (non-hydrogen) atoms. The molecule has 1 aromatic rings. The molecule has 2 nitrogen and oxygen atoms in total. The summed E-state index contributed by atoms with van der Waals surface area (Å²) in [4.78, 5) is 2.06. The van der Waals surface area contributed by atoms with E-state index in [0.717, 1.165) is 16.6 Å². The fourth-order valence-electron chi connectivity index (χ4n) is 1.09. The highest BCUT2D eigenvalue weighted by atomic mass is 79.9. The third-order valence-corrected chi connectivity index (χ3v) is 1.90. The first-order chi connectivity index (χ1) is 5.58. The molecule has 1 N–H and O–H groups in total. The van der Waals surface area contributed by atoms with Gasteiger partial charge in [-0.2, -0.15) is 0 Å². The van der Waals surface area contributed by atoms with E-state index in [2.05, 4.69) is 20.8 Å². The molecule has 66 valence electrons. The summed E-state index contributed by atoms with van der Waals surface area (Å²) >= 11 is 3.32. The summed E-state index contributed by atoms with van der Waals surface area (Å²) in [5.41, 5.74) is 1.10. The molecule has 1 rings (SSSR count). The van der Waals surface area contributed by atoms with Crippen molar-refractivity contribution in [3.05, 3.63) is 28.2 Å². The third-order valence-electron chi connectivity index (χ3n) is 1.44. The third kappa shape index (κ3) is 2.83. The normalized spacial score (nSPS) is 10.7. The number of nitrogens with zero attached hydrogens (tertiary/aromatic N) is 1. The molecule has 0 amide bonds. The largest absolute Gasteiger partial charge is 0.508 e. The average Bonchev–Trinajstić information content (AvgIpc) is 1.81. The Kier molecular flexibility index (Phi) is 3.12. The van der Waals surface area contributed by atoms with E-state index in [9.17, 15) is 5.11 Å². The van der Waals surface area contributed by atoms with E-state index in [-0.39, 0.29) is 0 Å². The van der Waals surface area contributed by atoms with E-state index < -0.39 is 0 Å². The van der Waals surface area contributed by atoms with E-state index in [1.165, 1.54) is 0 Å². The molecule has 0 saturated carbocycles. The maximum Gasteiger partial charge on any atom is 0.117 e.